The maximum atomic E-state index is 12.5. The normalized spacial score (nSPS) is 11.7. The highest BCUT2D eigenvalue weighted by Crippen LogP contribution is 2.27. The van der Waals surface area contributed by atoms with Crippen molar-refractivity contribution in [2.24, 2.45) is 0 Å². The van der Waals surface area contributed by atoms with Crippen LogP contribution in [-0.4, -0.2) is 18.0 Å². The summed E-state index contributed by atoms with van der Waals surface area (Å²) < 4.78 is 30.3. The van der Waals surface area contributed by atoms with E-state index in [0.29, 0.717) is 18.1 Å². The first-order valence-corrected chi connectivity index (χ1v) is 8.85. The minimum atomic E-state index is -3.68. The van der Waals surface area contributed by atoms with E-state index in [4.69, 9.17) is 0 Å². The van der Waals surface area contributed by atoms with Gasteiger partial charge in [-0.15, -0.1) is 0 Å². The maximum absolute atomic E-state index is 12.5. The number of hydrogen-bond donors (Lipinski definition) is 1. The highest BCUT2D eigenvalue weighted by Gasteiger charge is 2.20. The number of hydrogen-bond acceptors (Lipinski definition) is 3. The molecule has 2 aromatic rings. The van der Waals surface area contributed by atoms with E-state index in [1.807, 2.05) is 32.9 Å². The average Bonchev–Trinajstić information content (AvgIpc) is 2.76. The standard InChI is InChI=1S/C14H18BrN3O2S/c1-5-18-8-13(16-11(18)4)21(19,20)17-14-9(2)6-12(15)7-10(14)3/h6-8,17H,5H2,1-4H3. The second-order valence-corrected chi connectivity index (χ2v) is 7.48. The molecular weight excluding hydrogens is 354 g/mol. The Morgan fingerprint density at radius 2 is 1.81 bits per heavy atom. The Hall–Kier alpha value is -1.34. The van der Waals surface area contributed by atoms with Crippen LogP contribution in [0.3, 0.4) is 0 Å². The minimum Gasteiger partial charge on any atom is -0.334 e. The molecule has 1 aromatic heterocycles. The van der Waals surface area contributed by atoms with Crippen LogP contribution < -0.4 is 4.72 Å². The molecule has 0 aliphatic rings. The van der Waals surface area contributed by atoms with Crippen LogP contribution in [0, 0.1) is 20.8 Å². The molecule has 2 rings (SSSR count). The fraction of sp³-hybridized carbons (Fsp3) is 0.357. The third-order valence-corrected chi connectivity index (χ3v) is 4.98. The maximum Gasteiger partial charge on any atom is 0.280 e. The van der Waals surface area contributed by atoms with E-state index in [1.54, 1.807) is 17.7 Å². The molecule has 0 spiro atoms. The lowest BCUT2D eigenvalue weighted by Crippen LogP contribution is -2.15. The van der Waals surface area contributed by atoms with E-state index >= 15 is 0 Å². The molecule has 0 aliphatic carbocycles. The number of rotatable bonds is 4. The SMILES string of the molecule is CCn1cc(S(=O)(=O)Nc2c(C)cc(Br)cc2C)nc1C. The van der Waals surface area contributed by atoms with Crippen LogP contribution in [-0.2, 0) is 16.6 Å². The molecule has 1 N–H and O–H groups in total. The van der Waals surface area contributed by atoms with Gasteiger partial charge in [-0.25, -0.2) is 4.98 Å². The number of halogens is 1. The lowest BCUT2D eigenvalue weighted by atomic mass is 10.1. The molecule has 0 bridgehead atoms. The molecule has 0 radical (unpaired) electrons. The predicted molar refractivity (Wildman–Crippen MR) is 87.1 cm³/mol. The molecule has 1 aromatic carbocycles. The van der Waals surface area contributed by atoms with Crippen LogP contribution in [0.5, 0.6) is 0 Å². The summed E-state index contributed by atoms with van der Waals surface area (Å²) in [5.74, 6) is 0.683. The third kappa shape index (κ3) is 3.29. The summed E-state index contributed by atoms with van der Waals surface area (Å²) >= 11 is 3.40. The van der Waals surface area contributed by atoms with E-state index < -0.39 is 10.0 Å². The molecule has 0 amide bonds. The summed E-state index contributed by atoms with van der Waals surface area (Å²) in [6.07, 6.45) is 1.56. The number of aryl methyl sites for hydroxylation is 4. The van der Waals surface area contributed by atoms with Gasteiger partial charge in [0.1, 0.15) is 5.82 Å². The Morgan fingerprint density at radius 1 is 1.24 bits per heavy atom. The Kier molecular flexibility index (Phi) is 4.43. The van der Waals surface area contributed by atoms with E-state index in [2.05, 4.69) is 25.6 Å². The van der Waals surface area contributed by atoms with Crippen molar-refractivity contribution in [3.63, 3.8) is 0 Å². The summed E-state index contributed by atoms with van der Waals surface area (Å²) in [6, 6.07) is 3.75. The second-order valence-electron chi connectivity index (χ2n) is 4.93. The topological polar surface area (TPSA) is 64.0 Å². The Balaban J connectivity index is 2.42. The molecular formula is C14H18BrN3O2S. The summed E-state index contributed by atoms with van der Waals surface area (Å²) in [5, 5.41) is 0.0450. The molecule has 0 saturated heterocycles. The van der Waals surface area contributed by atoms with Gasteiger partial charge in [-0.3, -0.25) is 4.72 Å². The Bertz CT molecular complexity index is 759. The molecule has 1 heterocycles. The summed E-state index contributed by atoms with van der Waals surface area (Å²) in [5.41, 5.74) is 2.32. The summed E-state index contributed by atoms with van der Waals surface area (Å²) in [7, 11) is -3.68. The van der Waals surface area contributed by atoms with Crippen molar-refractivity contribution in [2.45, 2.75) is 39.3 Å². The van der Waals surface area contributed by atoms with Crippen LogP contribution in [0.1, 0.15) is 23.9 Å². The lowest BCUT2D eigenvalue weighted by Gasteiger charge is -2.12. The van der Waals surface area contributed by atoms with E-state index in [-0.39, 0.29) is 5.03 Å². The average molecular weight is 372 g/mol. The molecule has 0 unspecified atom stereocenters. The molecule has 0 aliphatic heterocycles. The second kappa shape index (κ2) is 5.81. The van der Waals surface area contributed by atoms with Gasteiger partial charge >= 0.3 is 0 Å². The Morgan fingerprint density at radius 3 is 2.29 bits per heavy atom. The number of nitrogens with zero attached hydrogens (tertiary/aromatic N) is 2. The van der Waals surface area contributed by atoms with Gasteiger partial charge in [0, 0.05) is 17.2 Å². The van der Waals surface area contributed by atoms with Crippen molar-refractivity contribution in [3.05, 3.63) is 39.8 Å². The third-order valence-electron chi connectivity index (χ3n) is 3.30. The quantitative estimate of drug-likeness (QED) is 0.895. The minimum absolute atomic E-state index is 0.0450. The molecule has 0 fully saturated rings. The van der Waals surface area contributed by atoms with Crippen LogP contribution in [0.25, 0.3) is 0 Å². The number of nitrogens with one attached hydrogen (secondary N) is 1. The first-order chi connectivity index (χ1) is 9.74. The first-order valence-electron chi connectivity index (χ1n) is 6.58. The van der Waals surface area contributed by atoms with Crippen LogP contribution in [0.15, 0.2) is 27.8 Å². The van der Waals surface area contributed by atoms with E-state index in [9.17, 15) is 8.42 Å². The summed E-state index contributed by atoms with van der Waals surface area (Å²) in [4.78, 5) is 4.13. The number of sulfonamides is 1. The van der Waals surface area contributed by atoms with Gasteiger partial charge in [0.2, 0.25) is 0 Å². The van der Waals surface area contributed by atoms with Gasteiger partial charge in [0.05, 0.1) is 5.69 Å². The molecule has 7 heteroatoms. The Labute approximate surface area is 133 Å². The number of imidazole rings is 1. The van der Waals surface area contributed by atoms with Gasteiger partial charge in [-0.2, -0.15) is 8.42 Å². The van der Waals surface area contributed by atoms with Crippen molar-refractivity contribution in [3.8, 4) is 0 Å². The largest absolute Gasteiger partial charge is 0.334 e. The van der Waals surface area contributed by atoms with Crippen LogP contribution >= 0.6 is 15.9 Å². The fourth-order valence-corrected chi connectivity index (χ4v) is 4.09. The molecule has 0 saturated carbocycles. The smallest absolute Gasteiger partial charge is 0.280 e. The monoisotopic (exact) mass is 371 g/mol. The first kappa shape index (κ1) is 16.0. The predicted octanol–water partition coefficient (Wildman–Crippen LogP) is 3.39. The van der Waals surface area contributed by atoms with Crippen molar-refractivity contribution >= 4 is 31.6 Å². The highest BCUT2D eigenvalue weighted by atomic mass is 79.9. The van der Waals surface area contributed by atoms with Crippen LogP contribution in [0.4, 0.5) is 5.69 Å². The van der Waals surface area contributed by atoms with Crippen molar-refractivity contribution in [1.82, 2.24) is 9.55 Å². The van der Waals surface area contributed by atoms with Crippen molar-refractivity contribution in [2.75, 3.05) is 4.72 Å². The zero-order valence-electron chi connectivity index (χ0n) is 12.4. The van der Waals surface area contributed by atoms with Gasteiger partial charge in [0.25, 0.3) is 10.0 Å². The van der Waals surface area contributed by atoms with Crippen molar-refractivity contribution in [1.29, 1.82) is 0 Å². The number of anilines is 1. The summed E-state index contributed by atoms with van der Waals surface area (Å²) in [6.45, 7) is 8.15. The molecule has 114 valence electrons. The molecule has 21 heavy (non-hydrogen) atoms. The van der Waals surface area contributed by atoms with Gasteiger partial charge in [-0.05, 0) is 51.0 Å². The van der Waals surface area contributed by atoms with Gasteiger partial charge in [0.15, 0.2) is 5.03 Å². The lowest BCUT2D eigenvalue weighted by molar-refractivity contribution is 0.598. The fourth-order valence-electron chi connectivity index (χ4n) is 2.19. The highest BCUT2D eigenvalue weighted by molar-refractivity contribution is 9.10. The van der Waals surface area contributed by atoms with Gasteiger partial charge in [-0.1, -0.05) is 15.9 Å². The zero-order valence-corrected chi connectivity index (χ0v) is 14.8. The zero-order chi connectivity index (χ0) is 15.8. The van der Waals surface area contributed by atoms with E-state index in [1.165, 1.54) is 0 Å². The number of benzene rings is 1. The van der Waals surface area contributed by atoms with Crippen molar-refractivity contribution < 1.29 is 8.42 Å². The van der Waals surface area contributed by atoms with Crippen LogP contribution in [0.2, 0.25) is 0 Å². The molecule has 0 atom stereocenters. The van der Waals surface area contributed by atoms with E-state index in [0.717, 1.165) is 15.6 Å². The number of aromatic nitrogens is 2. The molecule has 5 nitrogen and oxygen atoms in total. The van der Waals surface area contributed by atoms with Gasteiger partial charge < -0.3 is 4.57 Å².